The molecular weight excluding hydrogens is 208 g/mol. The molecule has 3 N–H and O–H groups in total. The SMILES string of the molecule is O=C(O)CCCCCCNC(=O)NC1CC1. The Kier molecular flexibility index (Phi) is 5.67. The zero-order chi connectivity index (χ0) is 11.8. The van der Waals surface area contributed by atoms with E-state index in [9.17, 15) is 9.59 Å². The Morgan fingerprint density at radius 1 is 1.12 bits per heavy atom. The number of aliphatic carboxylic acids is 1. The maximum absolute atomic E-state index is 11.2. The van der Waals surface area contributed by atoms with Crippen LogP contribution in [-0.2, 0) is 4.79 Å². The van der Waals surface area contributed by atoms with Gasteiger partial charge in [-0.3, -0.25) is 4.79 Å². The number of hydrogen-bond donors (Lipinski definition) is 3. The van der Waals surface area contributed by atoms with Crippen molar-refractivity contribution < 1.29 is 14.7 Å². The summed E-state index contributed by atoms with van der Waals surface area (Å²) in [6.07, 6.45) is 5.97. The first kappa shape index (κ1) is 12.8. The zero-order valence-electron chi connectivity index (χ0n) is 9.50. The van der Waals surface area contributed by atoms with Gasteiger partial charge in [0.15, 0.2) is 0 Å². The van der Waals surface area contributed by atoms with Crippen LogP contribution < -0.4 is 10.6 Å². The van der Waals surface area contributed by atoms with E-state index in [2.05, 4.69) is 10.6 Å². The topological polar surface area (TPSA) is 78.4 Å². The van der Waals surface area contributed by atoms with Gasteiger partial charge in [0.1, 0.15) is 0 Å². The Morgan fingerprint density at radius 3 is 2.44 bits per heavy atom. The highest BCUT2D eigenvalue weighted by Crippen LogP contribution is 2.18. The maximum Gasteiger partial charge on any atom is 0.315 e. The summed E-state index contributed by atoms with van der Waals surface area (Å²) in [6.45, 7) is 0.672. The number of carbonyl (C=O) groups is 2. The Hall–Kier alpha value is -1.26. The van der Waals surface area contributed by atoms with E-state index in [4.69, 9.17) is 5.11 Å². The van der Waals surface area contributed by atoms with Crippen LogP contribution in [0.25, 0.3) is 0 Å². The molecule has 0 heterocycles. The number of amides is 2. The van der Waals surface area contributed by atoms with E-state index in [0.717, 1.165) is 38.5 Å². The highest BCUT2D eigenvalue weighted by molar-refractivity contribution is 5.74. The molecule has 0 saturated heterocycles. The summed E-state index contributed by atoms with van der Waals surface area (Å²) in [4.78, 5) is 21.4. The Balaban J connectivity index is 1.80. The Morgan fingerprint density at radius 2 is 1.81 bits per heavy atom. The van der Waals surface area contributed by atoms with Gasteiger partial charge >= 0.3 is 12.0 Å². The fourth-order valence-corrected chi connectivity index (χ4v) is 1.42. The van der Waals surface area contributed by atoms with Crippen molar-refractivity contribution in [2.45, 2.75) is 51.0 Å². The van der Waals surface area contributed by atoms with Crippen molar-refractivity contribution >= 4 is 12.0 Å². The predicted molar refractivity (Wildman–Crippen MR) is 60.3 cm³/mol. The third-order valence-corrected chi connectivity index (χ3v) is 2.52. The molecule has 1 fully saturated rings. The lowest BCUT2D eigenvalue weighted by Crippen LogP contribution is -2.37. The van der Waals surface area contributed by atoms with Crippen molar-refractivity contribution in [2.75, 3.05) is 6.54 Å². The van der Waals surface area contributed by atoms with E-state index in [1.807, 2.05) is 0 Å². The van der Waals surface area contributed by atoms with Crippen LogP contribution in [0.15, 0.2) is 0 Å². The summed E-state index contributed by atoms with van der Waals surface area (Å²) >= 11 is 0. The van der Waals surface area contributed by atoms with Crippen molar-refractivity contribution in [3.05, 3.63) is 0 Å². The van der Waals surface area contributed by atoms with E-state index >= 15 is 0 Å². The number of rotatable bonds is 8. The minimum atomic E-state index is -0.734. The van der Waals surface area contributed by atoms with Crippen LogP contribution >= 0.6 is 0 Å². The maximum atomic E-state index is 11.2. The highest BCUT2D eigenvalue weighted by atomic mass is 16.4. The van der Waals surface area contributed by atoms with Crippen molar-refractivity contribution in [1.29, 1.82) is 0 Å². The summed E-state index contributed by atoms with van der Waals surface area (Å²) in [5, 5.41) is 14.0. The van der Waals surface area contributed by atoms with Crippen LogP contribution in [-0.4, -0.2) is 29.7 Å². The largest absolute Gasteiger partial charge is 0.481 e. The number of carboxylic acid groups (broad SMARTS) is 1. The number of unbranched alkanes of at least 4 members (excludes halogenated alkanes) is 3. The van der Waals surface area contributed by atoms with Crippen molar-refractivity contribution in [3.63, 3.8) is 0 Å². The van der Waals surface area contributed by atoms with E-state index in [-0.39, 0.29) is 12.5 Å². The minimum absolute atomic E-state index is 0.0759. The molecule has 0 radical (unpaired) electrons. The van der Waals surface area contributed by atoms with Crippen LogP contribution in [0, 0.1) is 0 Å². The first-order valence-electron chi connectivity index (χ1n) is 5.94. The lowest BCUT2D eigenvalue weighted by atomic mass is 10.1. The molecule has 92 valence electrons. The number of urea groups is 1. The molecule has 0 spiro atoms. The average Bonchev–Trinajstić information content (AvgIpc) is 2.99. The minimum Gasteiger partial charge on any atom is -0.481 e. The van der Waals surface area contributed by atoms with E-state index in [0.29, 0.717) is 12.6 Å². The monoisotopic (exact) mass is 228 g/mol. The molecule has 0 unspecified atom stereocenters. The molecule has 0 bridgehead atoms. The molecule has 16 heavy (non-hydrogen) atoms. The molecule has 0 aromatic rings. The smallest absolute Gasteiger partial charge is 0.315 e. The third kappa shape index (κ3) is 7.09. The van der Waals surface area contributed by atoms with Gasteiger partial charge in [0.2, 0.25) is 0 Å². The lowest BCUT2D eigenvalue weighted by molar-refractivity contribution is -0.137. The molecule has 1 saturated carbocycles. The van der Waals surface area contributed by atoms with E-state index in [1.165, 1.54) is 0 Å². The predicted octanol–water partition coefficient (Wildman–Crippen LogP) is 1.48. The van der Waals surface area contributed by atoms with Crippen LogP contribution in [0.5, 0.6) is 0 Å². The Labute approximate surface area is 95.6 Å². The van der Waals surface area contributed by atoms with Crippen LogP contribution in [0.2, 0.25) is 0 Å². The lowest BCUT2D eigenvalue weighted by Gasteiger charge is -2.05. The van der Waals surface area contributed by atoms with Crippen LogP contribution in [0.3, 0.4) is 0 Å². The van der Waals surface area contributed by atoms with Crippen molar-refractivity contribution in [1.82, 2.24) is 10.6 Å². The molecule has 1 aliphatic rings. The fraction of sp³-hybridized carbons (Fsp3) is 0.818. The molecule has 5 heteroatoms. The number of hydrogen-bond acceptors (Lipinski definition) is 2. The summed E-state index contributed by atoms with van der Waals surface area (Å²) in [5.74, 6) is -0.734. The molecule has 5 nitrogen and oxygen atoms in total. The van der Waals surface area contributed by atoms with Gasteiger partial charge in [0.05, 0.1) is 0 Å². The van der Waals surface area contributed by atoms with Gasteiger partial charge in [-0.05, 0) is 25.7 Å². The second-order valence-corrected chi connectivity index (χ2v) is 4.23. The molecular formula is C11H20N2O3. The molecule has 1 rings (SSSR count). The van der Waals surface area contributed by atoms with E-state index in [1.54, 1.807) is 0 Å². The van der Waals surface area contributed by atoms with Gasteiger partial charge in [-0.2, -0.15) is 0 Å². The third-order valence-electron chi connectivity index (χ3n) is 2.52. The molecule has 0 aliphatic heterocycles. The molecule has 1 aliphatic carbocycles. The van der Waals surface area contributed by atoms with Crippen LogP contribution in [0.4, 0.5) is 4.79 Å². The first-order valence-corrected chi connectivity index (χ1v) is 5.94. The van der Waals surface area contributed by atoms with Gasteiger partial charge in [-0.15, -0.1) is 0 Å². The van der Waals surface area contributed by atoms with Crippen molar-refractivity contribution in [2.24, 2.45) is 0 Å². The standard InChI is InChI=1S/C11H20N2O3/c14-10(15)5-3-1-2-4-8-12-11(16)13-9-6-7-9/h9H,1-8H2,(H,14,15)(H2,12,13,16). The average molecular weight is 228 g/mol. The van der Waals surface area contributed by atoms with Gasteiger partial charge < -0.3 is 15.7 Å². The number of carbonyl (C=O) groups excluding carboxylic acids is 1. The normalized spacial score (nSPS) is 14.5. The number of carboxylic acids is 1. The quantitative estimate of drug-likeness (QED) is 0.551. The second-order valence-electron chi connectivity index (χ2n) is 4.23. The molecule has 0 aromatic heterocycles. The second kappa shape index (κ2) is 7.09. The first-order chi connectivity index (χ1) is 7.68. The molecule has 2 amide bonds. The van der Waals surface area contributed by atoms with Gasteiger partial charge in [-0.1, -0.05) is 12.8 Å². The zero-order valence-corrected chi connectivity index (χ0v) is 9.50. The van der Waals surface area contributed by atoms with Gasteiger partial charge in [0, 0.05) is 19.0 Å². The summed E-state index contributed by atoms with van der Waals surface area (Å²) in [5.41, 5.74) is 0. The van der Waals surface area contributed by atoms with Crippen LogP contribution in [0.1, 0.15) is 44.9 Å². The summed E-state index contributed by atoms with van der Waals surface area (Å²) in [6, 6.07) is 0.323. The van der Waals surface area contributed by atoms with Crippen molar-refractivity contribution in [3.8, 4) is 0 Å². The molecule has 0 aromatic carbocycles. The number of nitrogens with one attached hydrogen (secondary N) is 2. The van der Waals surface area contributed by atoms with Gasteiger partial charge in [0.25, 0.3) is 0 Å². The highest BCUT2D eigenvalue weighted by Gasteiger charge is 2.22. The van der Waals surface area contributed by atoms with E-state index < -0.39 is 5.97 Å². The fourth-order valence-electron chi connectivity index (χ4n) is 1.42. The van der Waals surface area contributed by atoms with Gasteiger partial charge in [-0.25, -0.2) is 4.79 Å². The molecule has 0 atom stereocenters. The summed E-state index contributed by atoms with van der Waals surface area (Å²) < 4.78 is 0. The summed E-state index contributed by atoms with van der Waals surface area (Å²) in [7, 11) is 0. The Bertz CT molecular complexity index is 239.